The zero-order valence-corrected chi connectivity index (χ0v) is 20.7. The monoisotopic (exact) mass is 514 g/mol. The average Bonchev–Trinajstić information content (AvgIpc) is 3.51. The molecule has 0 spiro atoms. The Bertz CT molecular complexity index is 1270. The number of anilines is 2. The van der Waals surface area contributed by atoms with Crippen LogP contribution < -0.4 is 15.4 Å². The Kier molecular flexibility index (Phi) is 6.80. The Balaban J connectivity index is 1.22. The number of thiazole rings is 1. The normalized spacial score (nSPS) is 14.0. The Morgan fingerprint density at radius 3 is 2.59 bits per heavy atom. The molecule has 11 heteroatoms. The van der Waals surface area contributed by atoms with Crippen molar-refractivity contribution in [3.8, 4) is 5.75 Å². The second-order valence-electron chi connectivity index (χ2n) is 7.86. The fraction of sp³-hybridized carbons (Fsp3) is 0.304. The van der Waals surface area contributed by atoms with Gasteiger partial charge in [0.2, 0.25) is 5.95 Å². The Labute approximate surface area is 210 Å². The molecule has 0 aliphatic carbocycles. The molecule has 176 valence electrons. The number of aryl methyl sites for hydroxylation is 2. The van der Waals surface area contributed by atoms with Gasteiger partial charge in [0.05, 0.1) is 5.01 Å². The Morgan fingerprint density at radius 2 is 1.85 bits per heavy atom. The maximum absolute atomic E-state index is 12.6. The summed E-state index contributed by atoms with van der Waals surface area (Å²) in [5.41, 5.74) is 6.80. The number of nitrogens with zero attached hydrogens (tertiary/aromatic N) is 5. The van der Waals surface area contributed by atoms with Crippen LogP contribution in [0.4, 0.5) is 11.8 Å². The Morgan fingerprint density at radius 1 is 1.06 bits per heavy atom. The fourth-order valence-corrected chi connectivity index (χ4v) is 5.59. The van der Waals surface area contributed by atoms with E-state index in [4.69, 9.17) is 27.1 Å². The highest BCUT2D eigenvalue weighted by atomic mass is 35.5. The summed E-state index contributed by atoms with van der Waals surface area (Å²) in [6.45, 7) is 2.42. The first kappa shape index (κ1) is 22.8. The molecule has 2 N–H and O–H groups in total. The van der Waals surface area contributed by atoms with Gasteiger partial charge in [0, 0.05) is 42.5 Å². The van der Waals surface area contributed by atoms with Crippen molar-refractivity contribution in [1.29, 1.82) is 0 Å². The molecule has 1 aliphatic rings. The first-order valence-electron chi connectivity index (χ1n) is 10.9. The van der Waals surface area contributed by atoms with Crippen molar-refractivity contribution in [2.75, 3.05) is 43.4 Å². The summed E-state index contributed by atoms with van der Waals surface area (Å²) < 4.78 is 5.60. The lowest BCUT2D eigenvalue weighted by Crippen LogP contribution is -2.50. The molecular weight excluding hydrogens is 492 g/mol. The van der Waals surface area contributed by atoms with Crippen LogP contribution in [-0.4, -0.2) is 58.5 Å². The zero-order chi connectivity index (χ0) is 23.5. The van der Waals surface area contributed by atoms with Crippen molar-refractivity contribution in [2.45, 2.75) is 12.8 Å². The molecule has 34 heavy (non-hydrogen) atoms. The van der Waals surface area contributed by atoms with Gasteiger partial charge in [-0.3, -0.25) is 4.79 Å². The third-order valence-electron chi connectivity index (χ3n) is 5.58. The summed E-state index contributed by atoms with van der Waals surface area (Å²) in [7, 11) is 0. The Hall–Kier alpha value is -2.95. The molecule has 0 bridgehead atoms. The van der Waals surface area contributed by atoms with Gasteiger partial charge in [0.25, 0.3) is 5.91 Å². The van der Waals surface area contributed by atoms with E-state index in [-0.39, 0.29) is 18.5 Å². The van der Waals surface area contributed by atoms with E-state index in [9.17, 15) is 4.79 Å². The number of nitrogens with two attached hydrogens (primary N) is 1. The SMILES string of the molecule is Nc1nc(N2CCN(C(=O)COc3ccc(Cl)cc3)CC2)c2nc(CCc3cccs3)sc2n1. The minimum atomic E-state index is -0.0496. The van der Waals surface area contributed by atoms with Crippen LogP contribution >= 0.6 is 34.3 Å². The van der Waals surface area contributed by atoms with Gasteiger partial charge in [-0.2, -0.15) is 4.98 Å². The summed E-state index contributed by atoms with van der Waals surface area (Å²) in [6.07, 6.45) is 1.81. The number of hydrogen-bond acceptors (Lipinski definition) is 9. The van der Waals surface area contributed by atoms with E-state index in [0.29, 0.717) is 37.0 Å². The van der Waals surface area contributed by atoms with Gasteiger partial charge < -0.3 is 20.3 Å². The summed E-state index contributed by atoms with van der Waals surface area (Å²) in [5, 5.41) is 3.74. The molecule has 4 aromatic rings. The number of halogens is 1. The molecule has 8 nitrogen and oxygen atoms in total. The summed E-state index contributed by atoms with van der Waals surface area (Å²) in [5.74, 6) is 1.55. The summed E-state index contributed by atoms with van der Waals surface area (Å²) >= 11 is 9.21. The second kappa shape index (κ2) is 10.1. The minimum absolute atomic E-state index is 0.00792. The van der Waals surface area contributed by atoms with Crippen LogP contribution in [0.5, 0.6) is 5.75 Å². The quantitative estimate of drug-likeness (QED) is 0.399. The van der Waals surface area contributed by atoms with Crippen molar-refractivity contribution in [1.82, 2.24) is 19.9 Å². The fourth-order valence-electron chi connectivity index (χ4n) is 3.81. The van der Waals surface area contributed by atoms with E-state index < -0.39 is 0 Å². The number of hydrogen-bond donors (Lipinski definition) is 1. The van der Waals surface area contributed by atoms with Crippen molar-refractivity contribution in [2.24, 2.45) is 0 Å². The lowest BCUT2D eigenvalue weighted by atomic mass is 10.3. The van der Waals surface area contributed by atoms with Gasteiger partial charge in [-0.15, -0.1) is 11.3 Å². The average molecular weight is 515 g/mol. The lowest BCUT2D eigenvalue weighted by Gasteiger charge is -2.35. The van der Waals surface area contributed by atoms with E-state index in [1.165, 1.54) is 4.88 Å². The molecule has 0 radical (unpaired) electrons. The minimum Gasteiger partial charge on any atom is -0.484 e. The molecular formula is C23H23ClN6O2S2. The predicted molar refractivity (Wildman–Crippen MR) is 137 cm³/mol. The molecule has 5 rings (SSSR count). The molecule has 1 aromatic carbocycles. The van der Waals surface area contributed by atoms with E-state index in [1.54, 1.807) is 46.9 Å². The van der Waals surface area contributed by atoms with Crippen LogP contribution in [0.3, 0.4) is 0 Å². The highest BCUT2D eigenvalue weighted by molar-refractivity contribution is 7.18. The van der Waals surface area contributed by atoms with Gasteiger partial charge in [-0.05, 0) is 42.1 Å². The molecule has 0 saturated carbocycles. The second-order valence-corrected chi connectivity index (χ2v) is 10.4. The number of benzene rings is 1. The van der Waals surface area contributed by atoms with Gasteiger partial charge in [-0.25, -0.2) is 9.97 Å². The molecule has 1 fully saturated rings. The van der Waals surface area contributed by atoms with Gasteiger partial charge in [-0.1, -0.05) is 29.0 Å². The van der Waals surface area contributed by atoms with Gasteiger partial charge >= 0.3 is 0 Å². The molecule has 0 atom stereocenters. The van der Waals surface area contributed by atoms with Crippen LogP contribution in [0.25, 0.3) is 10.3 Å². The topological polar surface area (TPSA) is 97.5 Å². The largest absolute Gasteiger partial charge is 0.484 e. The molecule has 1 saturated heterocycles. The van der Waals surface area contributed by atoms with Gasteiger partial charge in [0.15, 0.2) is 17.3 Å². The first-order valence-corrected chi connectivity index (χ1v) is 13.0. The standard InChI is InChI=1S/C23H23ClN6O2S2/c24-15-3-5-16(6-4-15)32-14-19(31)29-9-11-30(12-10-29)21-20-22(28-23(25)27-21)34-18(26-20)8-7-17-2-1-13-33-17/h1-6,13H,7-12,14H2,(H2,25,27,28). The van der Waals surface area contributed by atoms with Crippen LogP contribution in [0.15, 0.2) is 41.8 Å². The van der Waals surface area contributed by atoms with Crippen molar-refractivity contribution in [3.63, 3.8) is 0 Å². The number of rotatable bonds is 7. The van der Waals surface area contributed by atoms with Crippen molar-refractivity contribution < 1.29 is 9.53 Å². The summed E-state index contributed by atoms with van der Waals surface area (Å²) in [4.78, 5) is 32.5. The molecule has 1 aliphatic heterocycles. The van der Waals surface area contributed by atoms with Crippen LogP contribution in [-0.2, 0) is 17.6 Å². The van der Waals surface area contributed by atoms with Gasteiger partial charge in [0.1, 0.15) is 11.3 Å². The number of piperazine rings is 1. The summed E-state index contributed by atoms with van der Waals surface area (Å²) in [6, 6.07) is 11.2. The number of nitrogen functional groups attached to an aromatic ring is 1. The number of thiophene rings is 1. The first-order chi connectivity index (χ1) is 16.5. The number of fused-ring (bicyclic) bond motifs is 1. The van der Waals surface area contributed by atoms with E-state index in [0.717, 1.165) is 34.0 Å². The molecule has 3 aromatic heterocycles. The smallest absolute Gasteiger partial charge is 0.260 e. The van der Waals surface area contributed by atoms with E-state index >= 15 is 0 Å². The maximum Gasteiger partial charge on any atom is 0.260 e. The third kappa shape index (κ3) is 5.24. The number of aromatic nitrogens is 3. The van der Waals surface area contributed by atoms with Crippen molar-refractivity contribution in [3.05, 3.63) is 56.7 Å². The number of ether oxygens (including phenoxy) is 1. The molecule has 4 heterocycles. The van der Waals surface area contributed by atoms with Crippen molar-refractivity contribution >= 4 is 62.3 Å². The number of carbonyl (C=O) groups excluding carboxylic acids is 1. The van der Waals surface area contributed by atoms with Crippen LogP contribution in [0.2, 0.25) is 5.02 Å². The molecule has 1 amide bonds. The molecule has 0 unspecified atom stereocenters. The predicted octanol–water partition coefficient (Wildman–Crippen LogP) is 3.90. The zero-order valence-electron chi connectivity index (χ0n) is 18.3. The highest BCUT2D eigenvalue weighted by Gasteiger charge is 2.25. The van der Waals surface area contributed by atoms with E-state index in [1.807, 2.05) is 4.90 Å². The number of amides is 1. The van der Waals surface area contributed by atoms with Crippen LogP contribution in [0, 0.1) is 0 Å². The van der Waals surface area contributed by atoms with Crippen LogP contribution in [0.1, 0.15) is 9.88 Å². The highest BCUT2D eigenvalue weighted by Crippen LogP contribution is 2.30. The third-order valence-corrected chi connectivity index (χ3v) is 7.77. The maximum atomic E-state index is 12.6. The lowest BCUT2D eigenvalue weighted by molar-refractivity contribution is -0.133. The number of carbonyl (C=O) groups is 1. The van der Waals surface area contributed by atoms with E-state index in [2.05, 4.69) is 32.4 Å².